The summed E-state index contributed by atoms with van der Waals surface area (Å²) in [5.41, 5.74) is 3.08. The van der Waals surface area contributed by atoms with Gasteiger partial charge in [0.05, 0.1) is 0 Å². The molecule has 0 saturated carbocycles. The molecule has 104 valence electrons. The SMILES string of the molecule is CC1(c2ccc(CN3CCNCC3)cc2)CCCN1. The molecule has 2 aliphatic heterocycles. The zero-order valence-corrected chi connectivity index (χ0v) is 11.9. The first kappa shape index (κ1) is 13.1. The molecule has 2 N–H and O–H groups in total. The maximum atomic E-state index is 3.63. The van der Waals surface area contributed by atoms with Crippen LogP contribution in [-0.4, -0.2) is 37.6 Å². The Kier molecular flexibility index (Phi) is 3.87. The Balaban J connectivity index is 1.65. The molecule has 0 amide bonds. The molecule has 0 aromatic heterocycles. The van der Waals surface area contributed by atoms with E-state index in [1.807, 2.05) is 0 Å². The predicted molar refractivity (Wildman–Crippen MR) is 79.2 cm³/mol. The van der Waals surface area contributed by atoms with Gasteiger partial charge in [-0.15, -0.1) is 0 Å². The fraction of sp³-hybridized carbons (Fsp3) is 0.625. The molecule has 2 fully saturated rings. The number of benzene rings is 1. The van der Waals surface area contributed by atoms with E-state index in [0.29, 0.717) is 0 Å². The second-order valence-electron chi connectivity index (χ2n) is 6.09. The lowest BCUT2D eigenvalue weighted by Crippen LogP contribution is -2.42. The Bertz CT molecular complexity index is 401. The van der Waals surface area contributed by atoms with Crippen molar-refractivity contribution in [3.05, 3.63) is 35.4 Å². The fourth-order valence-electron chi connectivity index (χ4n) is 3.25. The van der Waals surface area contributed by atoms with Crippen LogP contribution in [0.2, 0.25) is 0 Å². The van der Waals surface area contributed by atoms with Gasteiger partial charge in [-0.2, -0.15) is 0 Å². The number of hydrogen-bond acceptors (Lipinski definition) is 3. The van der Waals surface area contributed by atoms with Crippen molar-refractivity contribution in [2.24, 2.45) is 0 Å². The summed E-state index contributed by atoms with van der Waals surface area (Å²) in [6.07, 6.45) is 2.54. The van der Waals surface area contributed by atoms with Crippen LogP contribution in [0.25, 0.3) is 0 Å². The van der Waals surface area contributed by atoms with Crippen LogP contribution in [0.3, 0.4) is 0 Å². The van der Waals surface area contributed by atoms with Gasteiger partial charge in [-0.25, -0.2) is 0 Å². The van der Waals surface area contributed by atoms with Crippen LogP contribution in [0.15, 0.2) is 24.3 Å². The van der Waals surface area contributed by atoms with Crippen molar-refractivity contribution in [3.63, 3.8) is 0 Å². The average Bonchev–Trinajstić information content (AvgIpc) is 2.89. The third-order valence-electron chi connectivity index (χ3n) is 4.58. The summed E-state index contributed by atoms with van der Waals surface area (Å²) in [5.74, 6) is 0. The Morgan fingerprint density at radius 1 is 1.11 bits per heavy atom. The van der Waals surface area contributed by atoms with Crippen LogP contribution in [0.5, 0.6) is 0 Å². The van der Waals surface area contributed by atoms with Crippen LogP contribution in [0, 0.1) is 0 Å². The highest BCUT2D eigenvalue weighted by atomic mass is 15.2. The van der Waals surface area contributed by atoms with Crippen molar-refractivity contribution in [2.75, 3.05) is 32.7 Å². The maximum absolute atomic E-state index is 3.63. The van der Waals surface area contributed by atoms with Crippen LogP contribution in [0.1, 0.15) is 30.9 Å². The lowest BCUT2D eigenvalue weighted by atomic mass is 9.90. The van der Waals surface area contributed by atoms with Crippen molar-refractivity contribution in [3.8, 4) is 0 Å². The quantitative estimate of drug-likeness (QED) is 0.865. The minimum atomic E-state index is 0.202. The molecule has 0 spiro atoms. The summed E-state index contributed by atoms with van der Waals surface area (Å²) >= 11 is 0. The first-order valence-electron chi connectivity index (χ1n) is 7.54. The lowest BCUT2D eigenvalue weighted by molar-refractivity contribution is 0.233. The van der Waals surface area contributed by atoms with Gasteiger partial charge < -0.3 is 10.6 Å². The van der Waals surface area contributed by atoms with E-state index in [-0.39, 0.29) is 5.54 Å². The smallest absolute Gasteiger partial charge is 0.0406 e. The molecule has 2 heterocycles. The van der Waals surface area contributed by atoms with Gasteiger partial charge in [0.1, 0.15) is 0 Å². The summed E-state index contributed by atoms with van der Waals surface area (Å²) in [6.45, 7) is 9.15. The molecule has 0 aliphatic carbocycles. The highest BCUT2D eigenvalue weighted by Gasteiger charge is 2.29. The standard InChI is InChI=1S/C16H25N3/c1-16(7-2-8-18-16)15-5-3-14(4-6-15)13-19-11-9-17-10-12-19/h3-6,17-18H,2,7-13H2,1H3. The summed E-state index contributed by atoms with van der Waals surface area (Å²) in [4.78, 5) is 2.53. The normalized spacial score (nSPS) is 28.7. The monoisotopic (exact) mass is 259 g/mol. The summed E-state index contributed by atoms with van der Waals surface area (Å²) in [5, 5.41) is 7.03. The Morgan fingerprint density at radius 2 is 1.84 bits per heavy atom. The molecular formula is C16H25N3. The lowest BCUT2D eigenvalue weighted by Gasteiger charge is -2.28. The van der Waals surface area contributed by atoms with Crippen molar-refractivity contribution >= 4 is 0 Å². The molecule has 1 unspecified atom stereocenters. The van der Waals surface area contributed by atoms with E-state index in [2.05, 4.69) is 46.7 Å². The molecule has 1 atom stereocenters. The molecule has 0 bridgehead atoms. The van der Waals surface area contributed by atoms with Gasteiger partial charge in [-0.3, -0.25) is 4.90 Å². The first-order valence-corrected chi connectivity index (χ1v) is 7.54. The van der Waals surface area contributed by atoms with Crippen LogP contribution in [0.4, 0.5) is 0 Å². The summed E-state index contributed by atoms with van der Waals surface area (Å²) in [6, 6.07) is 9.25. The molecule has 3 nitrogen and oxygen atoms in total. The van der Waals surface area contributed by atoms with Crippen molar-refractivity contribution in [1.82, 2.24) is 15.5 Å². The van der Waals surface area contributed by atoms with Crippen LogP contribution >= 0.6 is 0 Å². The van der Waals surface area contributed by atoms with E-state index in [1.54, 1.807) is 0 Å². The second-order valence-corrected chi connectivity index (χ2v) is 6.09. The minimum Gasteiger partial charge on any atom is -0.314 e. The molecule has 2 saturated heterocycles. The number of nitrogens with one attached hydrogen (secondary N) is 2. The first-order chi connectivity index (χ1) is 9.26. The van der Waals surface area contributed by atoms with Crippen molar-refractivity contribution in [2.45, 2.75) is 31.8 Å². The highest BCUT2D eigenvalue weighted by Crippen LogP contribution is 2.30. The largest absolute Gasteiger partial charge is 0.314 e. The molecule has 3 rings (SSSR count). The minimum absolute atomic E-state index is 0.202. The van der Waals surface area contributed by atoms with Gasteiger partial charge in [-0.1, -0.05) is 24.3 Å². The third kappa shape index (κ3) is 2.99. The topological polar surface area (TPSA) is 27.3 Å². The van der Waals surface area contributed by atoms with Crippen LogP contribution in [-0.2, 0) is 12.1 Å². The Hall–Kier alpha value is -0.900. The molecule has 19 heavy (non-hydrogen) atoms. The molecule has 0 radical (unpaired) electrons. The second kappa shape index (κ2) is 5.61. The highest BCUT2D eigenvalue weighted by molar-refractivity contribution is 5.29. The van der Waals surface area contributed by atoms with Gasteiger partial charge in [0, 0.05) is 38.3 Å². The third-order valence-corrected chi connectivity index (χ3v) is 4.58. The summed E-state index contributed by atoms with van der Waals surface area (Å²) in [7, 11) is 0. The molecule has 2 aliphatic rings. The number of rotatable bonds is 3. The van der Waals surface area contributed by atoms with Crippen LogP contribution < -0.4 is 10.6 Å². The Morgan fingerprint density at radius 3 is 2.47 bits per heavy atom. The van der Waals surface area contributed by atoms with Crippen molar-refractivity contribution < 1.29 is 0 Å². The molecular weight excluding hydrogens is 234 g/mol. The maximum Gasteiger partial charge on any atom is 0.0406 e. The summed E-state index contributed by atoms with van der Waals surface area (Å²) < 4.78 is 0. The van der Waals surface area contributed by atoms with Crippen molar-refractivity contribution in [1.29, 1.82) is 0 Å². The number of piperazine rings is 1. The van der Waals surface area contributed by atoms with Gasteiger partial charge >= 0.3 is 0 Å². The number of hydrogen-bond donors (Lipinski definition) is 2. The molecule has 1 aromatic carbocycles. The van der Waals surface area contributed by atoms with Gasteiger partial charge in [-0.05, 0) is 37.4 Å². The van der Waals surface area contributed by atoms with E-state index in [0.717, 1.165) is 26.2 Å². The van der Waals surface area contributed by atoms with Gasteiger partial charge in [0.15, 0.2) is 0 Å². The van der Waals surface area contributed by atoms with E-state index in [9.17, 15) is 0 Å². The average molecular weight is 259 g/mol. The zero-order valence-electron chi connectivity index (χ0n) is 11.9. The molecule has 1 aromatic rings. The van der Waals surface area contributed by atoms with Gasteiger partial charge in [0.2, 0.25) is 0 Å². The van der Waals surface area contributed by atoms with Gasteiger partial charge in [0.25, 0.3) is 0 Å². The predicted octanol–water partition coefficient (Wildman–Crippen LogP) is 1.69. The van der Waals surface area contributed by atoms with E-state index < -0.39 is 0 Å². The number of nitrogens with zero attached hydrogens (tertiary/aromatic N) is 1. The molecule has 3 heteroatoms. The van der Waals surface area contributed by atoms with E-state index in [1.165, 1.54) is 37.1 Å². The van der Waals surface area contributed by atoms with E-state index in [4.69, 9.17) is 0 Å². The van der Waals surface area contributed by atoms with E-state index >= 15 is 0 Å². The fourth-order valence-corrected chi connectivity index (χ4v) is 3.25. The Labute approximate surface area is 116 Å². The zero-order chi connectivity index (χ0) is 13.1.